The van der Waals surface area contributed by atoms with E-state index in [4.69, 9.17) is 4.74 Å². The summed E-state index contributed by atoms with van der Waals surface area (Å²) in [5.74, 6) is 0.990. The van der Waals surface area contributed by atoms with Gasteiger partial charge < -0.3 is 14.6 Å². The van der Waals surface area contributed by atoms with Gasteiger partial charge in [0.15, 0.2) is 0 Å². The van der Waals surface area contributed by atoms with Gasteiger partial charge in [0.25, 0.3) is 0 Å². The van der Waals surface area contributed by atoms with Gasteiger partial charge in [-0.05, 0) is 25.8 Å². The minimum atomic E-state index is 0.663. The van der Waals surface area contributed by atoms with Gasteiger partial charge in [0.1, 0.15) is 12.4 Å². The lowest BCUT2D eigenvalue weighted by atomic mass is 10.1. The molecule has 0 unspecified atom stereocenters. The molecule has 0 bridgehead atoms. The highest BCUT2D eigenvalue weighted by Gasteiger charge is 2.20. The van der Waals surface area contributed by atoms with Crippen LogP contribution in [0.15, 0.2) is 36.9 Å². The molecule has 2 aromatic rings. The third kappa shape index (κ3) is 3.61. The number of aryl methyl sites for hydroxylation is 1. The van der Waals surface area contributed by atoms with Crippen molar-refractivity contribution in [2.24, 2.45) is 0 Å². The van der Waals surface area contributed by atoms with Gasteiger partial charge in [0.2, 0.25) is 0 Å². The van der Waals surface area contributed by atoms with Crippen LogP contribution in [-0.4, -0.2) is 22.2 Å². The second kappa shape index (κ2) is 6.09. The number of rotatable bonds is 7. The summed E-state index contributed by atoms with van der Waals surface area (Å²) in [4.78, 5) is 4.03. The number of hydrogen-bond donors (Lipinski definition) is 1. The first-order valence-corrected chi connectivity index (χ1v) is 7.23. The summed E-state index contributed by atoms with van der Waals surface area (Å²) in [5, 5.41) is 3.55. The number of benzene rings is 1. The maximum absolute atomic E-state index is 5.93. The van der Waals surface area contributed by atoms with E-state index in [-0.39, 0.29) is 0 Å². The van der Waals surface area contributed by atoms with E-state index >= 15 is 0 Å². The van der Waals surface area contributed by atoms with Crippen molar-refractivity contribution < 1.29 is 4.74 Å². The Kier molecular flexibility index (Phi) is 4.02. The first kappa shape index (κ1) is 13.2. The fourth-order valence-electron chi connectivity index (χ4n) is 2.21. The molecule has 3 rings (SSSR count). The van der Waals surface area contributed by atoms with Crippen molar-refractivity contribution in [3.63, 3.8) is 0 Å². The average Bonchev–Trinajstić information content (AvgIpc) is 3.13. The molecule has 4 nitrogen and oxygen atoms in total. The quantitative estimate of drug-likeness (QED) is 0.841. The topological polar surface area (TPSA) is 39.1 Å². The van der Waals surface area contributed by atoms with Crippen LogP contribution in [0, 0.1) is 6.92 Å². The molecule has 0 spiro atoms. The Morgan fingerprint density at radius 3 is 3.05 bits per heavy atom. The summed E-state index contributed by atoms with van der Waals surface area (Å²) in [6, 6.07) is 7.11. The average molecular weight is 271 g/mol. The van der Waals surface area contributed by atoms with Crippen molar-refractivity contribution in [2.45, 2.75) is 38.9 Å². The zero-order valence-electron chi connectivity index (χ0n) is 11.9. The minimum absolute atomic E-state index is 0.663. The fraction of sp³-hybridized carbons (Fsp3) is 0.438. The van der Waals surface area contributed by atoms with Gasteiger partial charge in [0.05, 0.1) is 12.9 Å². The van der Waals surface area contributed by atoms with Crippen molar-refractivity contribution in [3.05, 3.63) is 48.0 Å². The van der Waals surface area contributed by atoms with Gasteiger partial charge in [-0.15, -0.1) is 0 Å². The van der Waals surface area contributed by atoms with E-state index in [9.17, 15) is 0 Å². The number of nitrogens with one attached hydrogen (secondary N) is 1. The monoisotopic (exact) mass is 271 g/mol. The largest absolute Gasteiger partial charge is 0.491 e. The lowest BCUT2D eigenvalue weighted by molar-refractivity contribution is 0.294. The van der Waals surface area contributed by atoms with Crippen LogP contribution in [0.2, 0.25) is 0 Å². The second-order valence-electron chi connectivity index (χ2n) is 5.42. The van der Waals surface area contributed by atoms with Gasteiger partial charge in [-0.3, -0.25) is 0 Å². The Hall–Kier alpha value is -1.81. The predicted molar refractivity (Wildman–Crippen MR) is 78.8 cm³/mol. The van der Waals surface area contributed by atoms with Gasteiger partial charge in [-0.2, -0.15) is 0 Å². The van der Waals surface area contributed by atoms with E-state index in [0.717, 1.165) is 18.8 Å². The molecule has 1 N–H and O–H groups in total. The Morgan fingerprint density at radius 1 is 1.40 bits per heavy atom. The van der Waals surface area contributed by atoms with Gasteiger partial charge in [-0.25, -0.2) is 4.98 Å². The highest BCUT2D eigenvalue weighted by Crippen LogP contribution is 2.23. The summed E-state index contributed by atoms with van der Waals surface area (Å²) in [5.41, 5.74) is 2.53. The number of imidazole rings is 1. The second-order valence-corrected chi connectivity index (χ2v) is 5.42. The van der Waals surface area contributed by atoms with Crippen LogP contribution in [0.3, 0.4) is 0 Å². The highest BCUT2D eigenvalue weighted by atomic mass is 16.5. The number of aromatic nitrogens is 2. The summed E-state index contributed by atoms with van der Waals surface area (Å²) < 4.78 is 7.95. The molecule has 1 aromatic heterocycles. The Balaban J connectivity index is 1.58. The lowest BCUT2D eigenvalue weighted by Crippen LogP contribution is -2.16. The molecule has 20 heavy (non-hydrogen) atoms. The van der Waals surface area contributed by atoms with E-state index in [1.165, 1.54) is 24.0 Å². The molecule has 0 aliphatic heterocycles. The van der Waals surface area contributed by atoms with Crippen molar-refractivity contribution in [1.29, 1.82) is 0 Å². The summed E-state index contributed by atoms with van der Waals surface area (Å²) in [6.07, 6.45) is 8.17. The van der Waals surface area contributed by atoms with Crippen LogP contribution in [0.25, 0.3) is 0 Å². The molecule has 4 heteroatoms. The molecule has 1 fully saturated rings. The van der Waals surface area contributed by atoms with Gasteiger partial charge >= 0.3 is 0 Å². The van der Waals surface area contributed by atoms with E-state index < -0.39 is 0 Å². The molecule has 1 aromatic carbocycles. The summed E-state index contributed by atoms with van der Waals surface area (Å²) in [7, 11) is 0. The van der Waals surface area contributed by atoms with Crippen molar-refractivity contribution in [3.8, 4) is 5.75 Å². The summed E-state index contributed by atoms with van der Waals surface area (Å²) in [6.45, 7) is 4.50. The zero-order chi connectivity index (χ0) is 13.8. The molecule has 0 saturated heterocycles. The van der Waals surface area contributed by atoms with Crippen LogP contribution in [-0.2, 0) is 13.1 Å². The molecule has 1 aliphatic rings. The third-order valence-electron chi connectivity index (χ3n) is 3.54. The first-order chi connectivity index (χ1) is 9.81. The Labute approximate surface area is 119 Å². The normalized spacial score (nSPS) is 14.4. The van der Waals surface area contributed by atoms with E-state index in [0.29, 0.717) is 12.6 Å². The van der Waals surface area contributed by atoms with Crippen LogP contribution in [0.4, 0.5) is 0 Å². The van der Waals surface area contributed by atoms with E-state index in [1.807, 2.05) is 17.1 Å². The first-order valence-electron chi connectivity index (χ1n) is 7.23. The maximum Gasteiger partial charge on any atom is 0.123 e. The smallest absolute Gasteiger partial charge is 0.123 e. The van der Waals surface area contributed by atoms with Crippen LogP contribution in [0.5, 0.6) is 5.75 Å². The third-order valence-corrected chi connectivity index (χ3v) is 3.54. The van der Waals surface area contributed by atoms with Gasteiger partial charge in [-0.1, -0.05) is 17.7 Å². The highest BCUT2D eigenvalue weighted by molar-refractivity contribution is 5.37. The number of hydrogen-bond acceptors (Lipinski definition) is 3. The molecule has 1 saturated carbocycles. The molecular formula is C16H21N3O. The molecule has 106 valence electrons. The van der Waals surface area contributed by atoms with Gasteiger partial charge in [0, 0.05) is 30.5 Å². The van der Waals surface area contributed by atoms with Crippen LogP contribution >= 0.6 is 0 Å². The predicted octanol–water partition coefficient (Wildman–Crippen LogP) is 2.52. The lowest BCUT2D eigenvalue weighted by Gasteiger charge is -2.13. The Bertz CT molecular complexity index is 547. The molecule has 1 heterocycles. The van der Waals surface area contributed by atoms with E-state index in [2.05, 4.69) is 35.4 Å². The van der Waals surface area contributed by atoms with E-state index in [1.54, 1.807) is 6.20 Å². The molecule has 0 radical (unpaired) electrons. The molecular weight excluding hydrogens is 250 g/mol. The molecule has 0 amide bonds. The molecule has 1 aliphatic carbocycles. The minimum Gasteiger partial charge on any atom is -0.491 e. The number of ether oxygens (including phenoxy) is 1. The zero-order valence-corrected chi connectivity index (χ0v) is 11.9. The standard InChI is InChI=1S/C16H21N3O/c1-13-2-5-16(14(10-13)11-18-15-3-4-15)20-9-8-19-7-6-17-12-19/h2,5-7,10,12,15,18H,3-4,8-9,11H2,1H3. The van der Waals surface area contributed by atoms with Crippen LogP contribution < -0.4 is 10.1 Å². The van der Waals surface area contributed by atoms with Crippen molar-refractivity contribution in [2.75, 3.05) is 6.61 Å². The maximum atomic E-state index is 5.93. The summed E-state index contributed by atoms with van der Waals surface area (Å²) >= 11 is 0. The molecule has 0 atom stereocenters. The Morgan fingerprint density at radius 2 is 2.30 bits per heavy atom. The van der Waals surface area contributed by atoms with Crippen molar-refractivity contribution in [1.82, 2.24) is 14.9 Å². The SMILES string of the molecule is Cc1ccc(OCCn2ccnc2)c(CNC2CC2)c1. The van der Waals surface area contributed by atoms with Crippen molar-refractivity contribution >= 4 is 0 Å². The fourth-order valence-corrected chi connectivity index (χ4v) is 2.21. The number of nitrogens with zero attached hydrogens (tertiary/aromatic N) is 2. The van der Waals surface area contributed by atoms with Crippen LogP contribution in [0.1, 0.15) is 24.0 Å².